The zero-order chi connectivity index (χ0) is 16.9. The maximum Gasteiger partial charge on any atom is 0.241 e. The summed E-state index contributed by atoms with van der Waals surface area (Å²) in [5, 5.41) is 0. The second-order valence-electron chi connectivity index (χ2n) is 5.33. The molecule has 0 fully saturated rings. The molecule has 4 nitrogen and oxygen atoms in total. The molecule has 0 radical (unpaired) electrons. The number of benzene rings is 2. The van der Waals surface area contributed by atoms with Gasteiger partial charge in [0.05, 0.1) is 0 Å². The maximum absolute atomic E-state index is 11.2. The van der Waals surface area contributed by atoms with Crippen LogP contribution in [0.2, 0.25) is 0 Å². The van der Waals surface area contributed by atoms with Gasteiger partial charge >= 0.3 is 0 Å². The molecule has 4 N–H and O–H groups in total. The largest absolute Gasteiger partial charge is 0.398 e. The van der Waals surface area contributed by atoms with E-state index in [0.29, 0.717) is 5.69 Å². The van der Waals surface area contributed by atoms with Gasteiger partial charge in [0, 0.05) is 40.8 Å². The minimum atomic E-state index is -0.514. The fourth-order valence-electron chi connectivity index (χ4n) is 2.62. The quantitative estimate of drug-likeness (QED) is 0.571. The number of carbonyl (C=O) groups excluding carboxylic acids is 1. The van der Waals surface area contributed by atoms with Crippen molar-refractivity contribution in [3.8, 4) is 22.3 Å². The molecule has 1 heterocycles. The third-order valence-electron chi connectivity index (χ3n) is 3.76. The zero-order valence-electron chi connectivity index (χ0n) is 13.0. The summed E-state index contributed by atoms with van der Waals surface area (Å²) in [7, 11) is 0. The summed E-state index contributed by atoms with van der Waals surface area (Å²) in [6.45, 7) is 0. The molecule has 0 saturated carbocycles. The number of primary amides is 1. The standard InChI is InChI=1S/C20H17N3O/c21-19(24)11-10-18-16(14-5-2-1-3-6-14)8-9-17(20(18)22)15-7-4-12-23-13-15/h1-13H,22H2,(H2,21,24). The Labute approximate surface area is 140 Å². The zero-order valence-corrected chi connectivity index (χ0v) is 13.0. The van der Waals surface area contributed by atoms with Crippen molar-refractivity contribution in [3.05, 3.63) is 78.6 Å². The summed E-state index contributed by atoms with van der Waals surface area (Å²) < 4.78 is 0. The van der Waals surface area contributed by atoms with Crippen LogP contribution in [0, 0.1) is 0 Å². The van der Waals surface area contributed by atoms with Crippen molar-refractivity contribution in [1.82, 2.24) is 4.98 Å². The van der Waals surface area contributed by atoms with Crippen LogP contribution in [0.5, 0.6) is 0 Å². The molecule has 1 aromatic heterocycles. The number of hydrogen-bond donors (Lipinski definition) is 2. The van der Waals surface area contributed by atoms with Gasteiger partial charge in [-0.05, 0) is 23.3 Å². The van der Waals surface area contributed by atoms with Crippen molar-refractivity contribution in [2.75, 3.05) is 5.73 Å². The van der Waals surface area contributed by atoms with E-state index >= 15 is 0 Å². The molecule has 0 aliphatic rings. The van der Waals surface area contributed by atoms with Crippen molar-refractivity contribution < 1.29 is 4.79 Å². The van der Waals surface area contributed by atoms with E-state index < -0.39 is 5.91 Å². The molecule has 0 bridgehead atoms. The smallest absolute Gasteiger partial charge is 0.241 e. The molecule has 2 aromatic carbocycles. The molecule has 0 aliphatic carbocycles. The third-order valence-corrected chi connectivity index (χ3v) is 3.76. The monoisotopic (exact) mass is 315 g/mol. The van der Waals surface area contributed by atoms with Gasteiger partial charge in [-0.15, -0.1) is 0 Å². The lowest BCUT2D eigenvalue weighted by Gasteiger charge is -2.14. The van der Waals surface area contributed by atoms with Gasteiger partial charge < -0.3 is 11.5 Å². The number of aromatic nitrogens is 1. The first-order valence-electron chi connectivity index (χ1n) is 7.52. The number of nitrogen functional groups attached to an aromatic ring is 1. The summed E-state index contributed by atoms with van der Waals surface area (Å²) in [6.07, 6.45) is 6.46. The summed E-state index contributed by atoms with van der Waals surface area (Å²) >= 11 is 0. The molecule has 4 heteroatoms. The van der Waals surface area contributed by atoms with E-state index in [4.69, 9.17) is 11.5 Å². The highest BCUT2D eigenvalue weighted by Gasteiger charge is 2.12. The van der Waals surface area contributed by atoms with E-state index in [1.165, 1.54) is 6.08 Å². The number of rotatable bonds is 4. The van der Waals surface area contributed by atoms with Gasteiger partial charge in [-0.25, -0.2) is 0 Å². The number of anilines is 1. The summed E-state index contributed by atoms with van der Waals surface area (Å²) in [5.41, 5.74) is 16.8. The molecule has 3 rings (SSSR count). The van der Waals surface area contributed by atoms with E-state index in [1.807, 2.05) is 54.6 Å². The normalized spacial score (nSPS) is 10.8. The van der Waals surface area contributed by atoms with Gasteiger partial charge in [0.1, 0.15) is 0 Å². The Morgan fingerprint density at radius 1 is 0.917 bits per heavy atom. The second kappa shape index (κ2) is 6.79. The van der Waals surface area contributed by atoms with Crippen molar-refractivity contribution in [1.29, 1.82) is 0 Å². The Morgan fingerprint density at radius 2 is 1.62 bits per heavy atom. The Bertz CT molecular complexity index is 888. The number of nitrogens with two attached hydrogens (primary N) is 2. The first-order chi connectivity index (χ1) is 11.7. The number of carbonyl (C=O) groups is 1. The van der Waals surface area contributed by atoms with E-state index in [1.54, 1.807) is 18.5 Å². The molecule has 3 aromatic rings. The van der Waals surface area contributed by atoms with Crippen LogP contribution >= 0.6 is 0 Å². The molecule has 0 unspecified atom stereocenters. The van der Waals surface area contributed by atoms with Crippen molar-refractivity contribution in [2.24, 2.45) is 5.73 Å². The third kappa shape index (κ3) is 3.17. The Kier molecular flexibility index (Phi) is 4.38. The molecule has 0 saturated heterocycles. The molecule has 118 valence electrons. The molecular weight excluding hydrogens is 298 g/mol. The van der Waals surface area contributed by atoms with Gasteiger partial charge in [-0.1, -0.05) is 48.5 Å². The number of hydrogen-bond acceptors (Lipinski definition) is 3. The Morgan fingerprint density at radius 3 is 2.29 bits per heavy atom. The van der Waals surface area contributed by atoms with Crippen molar-refractivity contribution >= 4 is 17.7 Å². The first kappa shape index (κ1) is 15.5. The average Bonchev–Trinajstić information content (AvgIpc) is 2.62. The Hall–Kier alpha value is -3.40. The van der Waals surface area contributed by atoms with Crippen LogP contribution in [-0.4, -0.2) is 10.9 Å². The highest BCUT2D eigenvalue weighted by atomic mass is 16.1. The number of amides is 1. The maximum atomic E-state index is 11.2. The SMILES string of the molecule is NC(=O)C=Cc1c(-c2ccccc2)ccc(-c2cccnc2)c1N. The van der Waals surface area contributed by atoms with Crippen LogP contribution in [0.1, 0.15) is 5.56 Å². The van der Waals surface area contributed by atoms with E-state index in [-0.39, 0.29) is 0 Å². The van der Waals surface area contributed by atoms with Crippen LogP contribution < -0.4 is 11.5 Å². The second-order valence-corrected chi connectivity index (χ2v) is 5.33. The first-order valence-corrected chi connectivity index (χ1v) is 7.52. The predicted octanol–water partition coefficient (Wildman–Crippen LogP) is 3.50. The van der Waals surface area contributed by atoms with Gasteiger partial charge in [-0.3, -0.25) is 9.78 Å². The highest BCUT2D eigenvalue weighted by molar-refractivity contribution is 5.96. The summed E-state index contributed by atoms with van der Waals surface area (Å²) in [4.78, 5) is 15.3. The van der Waals surface area contributed by atoms with E-state index in [0.717, 1.165) is 27.8 Å². The summed E-state index contributed by atoms with van der Waals surface area (Å²) in [5.74, 6) is -0.514. The van der Waals surface area contributed by atoms with Gasteiger partial charge in [-0.2, -0.15) is 0 Å². The van der Waals surface area contributed by atoms with E-state index in [9.17, 15) is 4.79 Å². The van der Waals surface area contributed by atoms with Crippen LogP contribution in [0.15, 0.2) is 73.1 Å². The van der Waals surface area contributed by atoms with Crippen LogP contribution in [-0.2, 0) is 4.79 Å². The lowest BCUT2D eigenvalue weighted by Crippen LogP contribution is -2.05. The number of pyridine rings is 1. The fraction of sp³-hybridized carbons (Fsp3) is 0. The Balaban J connectivity index is 2.21. The predicted molar refractivity (Wildman–Crippen MR) is 97.7 cm³/mol. The minimum Gasteiger partial charge on any atom is -0.398 e. The van der Waals surface area contributed by atoms with Crippen LogP contribution in [0.4, 0.5) is 5.69 Å². The van der Waals surface area contributed by atoms with Gasteiger partial charge in [0.25, 0.3) is 0 Å². The van der Waals surface area contributed by atoms with Gasteiger partial charge in [0.15, 0.2) is 0 Å². The lowest BCUT2D eigenvalue weighted by atomic mass is 9.93. The topological polar surface area (TPSA) is 82.0 Å². The van der Waals surface area contributed by atoms with Crippen LogP contribution in [0.25, 0.3) is 28.3 Å². The number of nitrogens with zero attached hydrogens (tertiary/aromatic N) is 1. The highest BCUT2D eigenvalue weighted by Crippen LogP contribution is 2.36. The molecule has 0 spiro atoms. The molecule has 0 atom stereocenters. The van der Waals surface area contributed by atoms with Gasteiger partial charge in [0.2, 0.25) is 5.91 Å². The molecule has 24 heavy (non-hydrogen) atoms. The molecule has 1 amide bonds. The van der Waals surface area contributed by atoms with Crippen molar-refractivity contribution in [3.63, 3.8) is 0 Å². The fourth-order valence-corrected chi connectivity index (χ4v) is 2.62. The lowest BCUT2D eigenvalue weighted by molar-refractivity contribution is -0.113. The van der Waals surface area contributed by atoms with Crippen molar-refractivity contribution in [2.45, 2.75) is 0 Å². The summed E-state index contributed by atoms with van der Waals surface area (Å²) in [6, 6.07) is 17.6. The van der Waals surface area contributed by atoms with Crippen LogP contribution in [0.3, 0.4) is 0 Å². The molecular formula is C20H17N3O. The molecule has 0 aliphatic heterocycles. The average molecular weight is 315 g/mol. The van der Waals surface area contributed by atoms with E-state index in [2.05, 4.69) is 4.98 Å². The minimum absolute atomic E-state index is 0.514.